The number of hydrogen-bond donors (Lipinski definition) is 2. The van der Waals surface area contributed by atoms with Crippen molar-refractivity contribution in [3.63, 3.8) is 0 Å². The topological polar surface area (TPSA) is 115 Å². The summed E-state index contributed by atoms with van der Waals surface area (Å²) in [5.74, 6) is 0.722. The molecule has 2 aromatic carbocycles. The highest BCUT2D eigenvalue weighted by molar-refractivity contribution is 7.99. The Morgan fingerprint density at radius 3 is 2.73 bits per heavy atom. The molecule has 0 saturated heterocycles. The van der Waals surface area contributed by atoms with Crippen LogP contribution in [0.1, 0.15) is 6.92 Å². The van der Waals surface area contributed by atoms with Crippen molar-refractivity contribution in [2.75, 3.05) is 17.7 Å². The second kappa shape index (κ2) is 8.78. The second-order valence-corrected chi connectivity index (χ2v) is 7.09. The molecule has 9 nitrogen and oxygen atoms in total. The van der Waals surface area contributed by atoms with Gasteiger partial charge in [-0.25, -0.2) is 10.1 Å². The summed E-state index contributed by atoms with van der Waals surface area (Å²) in [6, 6.07) is 14.3. The fourth-order valence-corrected chi connectivity index (χ4v) is 3.67. The Bertz CT molecular complexity index is 1220. The Hall–Kier alpha value is -3.66. The van der Waals surface area contributed by atoms with Crippen molar-refractivity contribution in [3.05, 3.63) is 65.2 Å². The number of carbonyl (C=O) groups excluding carboxylic acids is 1. The molecule has 0 unspecified atom stereocenters. The maximum Gasteiger partial charge on any atom is 0.266 e. The Balaban J connectivity index is 1.69. The van der Waals surface area contributed by atoms with Crippen LogP contribution >= 0.6 is 11.8 Å². The van der Waals surface area contributed by atoms with Crippen LogP contribution in [0.5, 0.6) is 5.75 Å². The first-order valence-corrected chi connectivity index (χ1v) is 10.2. The van der Waals surface area contributed by atoms with Crippen LogP contribution in [-0.4, -0.2) is 43.0 Å². The highest BCUT2D eigenvalue weighted by atomic mass is 32.2. The van der Waals surface area contributed by atoms with Crippen LogP contribution in [0.2, 0.25) is 0 Å². The number of ether oxygens (including phenoxy) is 1. The molecule has 152 valence electrons. The molecule has 30 heavy (non-hydrogen) atoms. The average molecular weight is 422 g/mol. The van der Waals surface area contributed by atoms with E-state index in [1.165, 1.54) is 10.9 Å². The summed E-state index contributed by atoms with van der Waals surface area (Å²) in [6.07, 6.45) is 1.30. The molecule has 2 N–H and O–H groups in total. The number of carbonyl (C=O) groups is 1. The summed E-state index contributed by atoms with van der Waals surface area (Å²) in [5.41, 5.74) is 1.01. The molecule has 1 amide bonds. The number of para-hydroxylation sites is 1. The Morgan fingerprint density at radius 1 is 1.20 bits per heavy atom. The minimum Gasteiger partial charge on any atom is -0.494 e. The Labute approximate surface area is 175 Å². The number of rotatable bonds is 7. The normalized spacial score (nSPS) is 10.8. The van der Waals surface area contributed by atoms with Gasteiger partial charge in [0.1, 0.15) is 12.1 Å². The van der Waals surface area contributed by atoms with Crippen LogP contribution in [0.25, 0.3) is 16.6 Å². The largest absolute Gasteiger partial charge is 0.494 e. The highest BCUT2D eigenvalue weighted by Gasteiger charge is 2.15. The molecule has 0 spiro atoms. The fraction of sp³-hybridized carbons (Fsp3) is 0.150. The van der Waals surface area contributed by atoms with Gasteiger partial charge in [0.05, 0.1) is 29.0 Å². The van der Waals surface area contributed by atoms with E-state index in [0.29, 0.717) is 34.1 Å². The van der Waals surface area contributed by atoms with Crippen LogP contribution in [0.15, 0.2) is 64.8 Å². The number of H-pyrrole nitrogens is 1. The predicted octanol–water partition coefficient (Wildman–Crippen LogP) is 2.63. The maximum atomic E-state index is 13.2. The van der Waals surface area contributed by atoms with E-state index in [-0.39, 0.29) is 23.2 Å². The van der Waals surface area contributed by atoms with Gasteiger partial charge < -0.3 is 4.74 Å². The monoisotopic (exact) mass is 422 g/mol. The van der Waals surface area contributed by atoms with Crippen LogP contribution in [0, 0.1) is 0 Å². The van der Waals surface area contributed by atoms with Gasteiger partial charge in [0, 0.05) is 0 Å². The maximum absolute atomic E-state index is 13.2. The first kappa shape index (κ1) is 19.6. The quantitative estimate of drug-likeness (QED) is 0.347. The third-order valence-corrected chi connectivity index (χ3v) is 5.09. The summed E-state index contributed by atoms with van der Waals surface area (Å²) in [7, 11) is 0. The lowest BCUT2D eigenvalue weighted by Gasteiger charge is -2.13. The predicted molar refractivity (Wildman–Crippen MR) is 114 cm³/mol. The molecule has 4 aromatic rings. The zero-order valence-corrected chi connectivity index (χ0v) is 16.8. The number of aromatic nitrogens is 5. The lowest BCUT2D eigenvalue weighted by molar-refractivity contribution is -0.113. The zero-order valence-electron chi connectivity index (χ0n) is 16.0. The summed E-state index contributed by atoms with van der Waals surface area (Å²) >= 11 is 1.16. The molecule has 0 saturated carbocycles. The highest BCUT2D eigenvalue weighted by Crippen LogP contribution is 2.23. The summed E-state index contributed by atoms with van der Waals surface area (Å²) in [4.78, 5) is 33.9. The molecule has 2 heterocycles. The van der Waals surface area contributed by atoms with Crippen molar-refractivity contribution in [2.45, 2.75) is 12.1 Å². The fourth-order valence-electron chi connectivity index (χ4n) is 2.86. The molecule has 0 atom stereocenters. The second-order valence-electron chi connectivity index (χ2n) is 6.15. The third kappa shape index (κ3) is 4.18. The molecule has 0 bridgehead atoms. The van der Waals surface area contributed by atoms with Crippen molar-refractivity contribution < 1.29 is 9.53 Å². The van der Waals surface area contributed by atoms with Crippen LogP contribution in [0.4, 0.5) is 5.95 Å². The van der Waals surface area contributed by atoms with Crippen molar-refractivity contribution in [1.29, 1.82) is 0 Å². The zero-order chi connectivity index (χ0) is 20.9. The number of nitrogens with one attached hydrogen (secondary N) is 2. The van der Waals surface area contributed by atoms with E-state index >= 15 is 0 Å². The molecule has 0 aliphatic carbocycles. The van der Waals surface area contributed by atoms with Crippen molar-refractivity contribution in [3.8, 4) is 11.4 Å². The SMILES string of the molecule is CCOc1ccc(-n2c(SCC(=O)Nc3ncn[nH]3)nc3ccccc3c2=O)cc1. The molecular formula is C20H18N6O3S. The third-order valence-electron chi connectivity index (χ3n) is 4.16. The molecule has 0 aliphatic heterocycles. The average Bonchev–Trinajstić information content (AvgIpc) is 3.26. The van der Waals surface area contributed by atoms with Gasteiger partial charge >= 0.3 is 0 Å². The Kier molecular flexibility index (Phi) is 5.75. The van der Waals surface area contributed by atoms with Crippen molar-refractivity contribution in [2.24, 2.45) is 0 Å². The van der Waals surface area contributed by atoms with E-state index in [1.807, 2.05) is 13.0 Å². The molecule has 2 aromatic heterocycles. The number of hydrogen-bond acceptors (Lipinski definition) is 7. The lowest BCUT2D eigenvalue weighted by Crippen LogP contribution is -2.23. The van der Waals surface area contributed by atoms with Gasteiger partial charge in [-0.1, -0.05) is 23.9 Å². The van der Waals surface area contributed by atoms with Gasteiger partial charge in [0.15, 0.2) is 5.16 Å². The number of anilines is 1. The molecular weight excluding hydrogens is 404 g/mol. The van der Waals surface area contributed by atoms with E-state index in [0.717, 1.165) is 11.8 Å². The van der Waals surface area contributed by atoms with Crippen LogP contribution < -0.4 is 15.6 Å². The summed E-state index contributed by atoms with van der Waals surface area (Å²) in [5, 5.41) is 9.77. The standard InChI is InChI=1S/C20H18N6O3S/c1-2-29-14-9-7-13(8-10-14)26-18(28)15-5-3-4-6-16(15)23-20(26)30-11-17(27)24-19-21-12-22-25-19/h3-10,12H,2,11H2,1H3,(H2,21,22,24,25,27). The van der Waals surface area contributed by atoms with Crippen LogP contribution in [-0.2, 0) is 4.79 Å². The summed E-state index contributed by atoms with van der Waals surface area (Å²) < 4.78 is 6.99. The van der Waals surface area contributed by atoms with Gasteiger partial charge in [-0.3, -0.25) is 19.5 Å². The van der Waals surface area contributed by atoms with Gasteiger partial charge in [-0.15, -0.1) is 0 Å². The summed E-state index contributed by atoms with van der Waals surface area (Å²) in [6.45, 7) is 2.46. The first-order valence-electron chi connectivity index (χ1n) is 9.18. The number of amides is 1. The van der Waals surface area contributed by atoms with E-state index < -0.39 is 0 Å². The number of thioether (sulfide) groups is 1. The van der Waals surface area contributed by atoms with Gasteiger partial charge in [0.25, 0.3) is 5.56 Å². The number of fused-ring (bicyclic) bond motifs is 1. The number of benzene rings is 2. The van der Waals surface area contributed by atoms with Crippen LogP contribution in [0.3, 0.4) is 0 Å². The van der Waals surface area contributed by atoms with Gasteiger partial charge in [0.2, 0.25) is 11.9 Å². The minimum atomic E-state index is -0.294. The number of aromatic amines is 1. The lowest BCUT2D eigenvalue weighted by atomic mass is 10.2. The molecule has 0 aliphatic rings. The van der Waals surface area contributed by atoms with Gasteiger partial charge in [-0.05, 0) is 43.3 Å². The minimum absolute atomic E-state index is 0.0442. The smallest absolute Gasteiger partial charge is 0.266 e. The van der Waals surface area contributed by atoms with Crippen molar-refractivity contribution >= 4 is 34.5 Å². The molecule has 0 fully saturated rings. The van der Waals surface area contributed by atoms with E-state index in [9.17, 15) is 9.59 Å². The Morgan fingerprint density at radius 2 is 2.00 bits per heavy atom. The molecule has 4 rings (SSSR count). The van der Waals surface area contributed by atoms with E-state index in [4.69, 9.17) is 4.74 Å². The molecule has 10 heteroatoms. The van der Waals surface area contributed by atoms with E-state index in [1.54, 1.807) is 42.5 Å². The van der Waals surface area contributed by atoms with Crippen molar-refractivity contribution in [1.82, 2.24) is 24.7 Å². The van der Waals surface area contributed by atoms with E-state index in [2.05, 4.69) is 25.5 Å². The molecule has 0 radical (unpaired) electrons. The number of nitrogens with zero attached hydrogens (tertiary/aromatic N) is 4. The first-order chi connectivity index (χ1) is 14.7. The van der Waals surface area contributed by atoms with Gasteiger partial charge in [-0.2, -0.15) is 10.1 Å².